The molecule has 0 heterocycles. The molecule has 134 valence electrons. The first-order chi connectivity index (χ1) is 10.9. The number of esters is 1. The van der Waals surface area contributed by atoms with Crippen LogP contribution in [-0.2, 0) is 19.1 Å². The van der Waals surface area contributed by atoms with Crippen LogP contribution in [0.5, 0.6) is 0 Å². The van der Waals surface area contributed by atoms with E-state index in [1.54, 1.807) is 6.92 Å². The second-order valence-corrected chi connectivity index (χ2v) is 5.48. The first kappa shape index (κ1) is 21.2. The van der Waals surface area contributed by atoms with Gasteiger partial charge < -0.3 is 19.9 Å². The summed E-state index contributed by atoms with van der Waals surface area (Å²) < 4.78 is 10.2. The third kappa shape index (κ3) is 11.4. The van der Waals surface area contributed by atoms with Gasteiger partial charge in [0.25, 0.3) is 0 Å². The van der Waals surface area contributed by atoms with Crippen LogP contribution in [0.3, 0.4) is 0 Å². The molecule has 0 saturated carbocycles. The van der Waals surface area contributed by atoms with E-state index in [0.717, 1.165) is 12.8 Å². The van der Waals surface area contributed by atoms with Gasteiger partial charge in [-0.15, -0.1) is 0 Å². The molecule has 2 unspecified atom stereocenters. The van der Waals surface area contributed by atoms with E-state index in [9.17, 15) is 14.4 Å². The predicted molar refractivity (Wildman–Crippen MR) is 85.1 cm³/mol. The molecule has 0 saturated heterocycles. The summed E-state index contributed by atoms with van der Waals surface area (Å²) in [5.41, 5.74) is 0. The van der Waals surface area contributed by atoms with Crippen molar-refractivity contribution in [3.63, 3.8) is 0 Å². The minimum Gasteiger partial charge on any atom is -0.481 e. The molecule has 0 aromatic carbocycles. The lowest BCUT2D eigenvalue weighted by Gasteiger charge is -2.19. The van der Waals surface area contributed by atoms with Gasteiger partial charge in [-0.05, 0) is 32.6 Å². The van der Waals surface area contributed by atoms with Crippen molar-refractivity contribution < 1.29 is 29.0 Å². The Morgan fingerprint density at radius 1 is 1.13 bits per heavy atom. The smallest absolute Gasteiger partial charge is 0.407 e. The molecule has 0 fully saturated rings. The molecule has 1 amide bonds. The van der Waals surface area contributed by atoms with Crippen LogP contribution in [0.15, 0.2) is 0 Å². The average Bonchev–Trinajstić information content (AvgIpc) is 2.50. The lowest BCUT2D eigenvalue weighted by atomic mass is 10.1. The molecule has 0 aromatic heterocycles. The van der Waals surface area contributed by atoms with Gasteiger partial charge in [-0.3, -0.25) is 4.79 Å². The van der Waals surface area contributed by atoms with Crippen molar-refractivity contribution in [2.45, 2.75) is 77.9 Å². The van der Waals surface area contributed by atoms with Crippen LogP contribution in [0.1, 0.15) is 65.7 Å². The molecular formula is C16H29NO6. The Balaban J connectivity index is 4.43. The maximum absolute atomic E-state index is 12.1. The van der Waals surface area contributed by atoms with Crippen molar-refractivity contribution in [3.8, 4) is 0 Å². The molecule has 0 bridgehead atoms. The number of nitrogens with one attached hydrogen (secondary N) is 1. The number of rotatable bonds is 12. The monoisotopic (exact) mass is 331 g/mol. The number of amides is 1. The van der Waals surface area contributed by atoms with Crippen LogP contribution in [0.4, 0.5) is 4.79 Å². The summed E-state index contributed by atoms with van der Waals surface area (Å²) in [6.07, 6.45) is 2.76. The highest BCUT2D eigenvalue weighted by Gasteiger charge is 2.24. The van der Waals surface area contributed by atoms with Crippen LogP contribution in [0, 0.1) is 0 Å². The third-order valence-corrected chi connectivity index (χ3v) is 3.33. The van der Waals surface area contributed by atoms with Crippen molar-refractivity contribution in [2.75, 3.05) is 6.61 Å². The van der Waals surface area contributed by atoms with Gasteiger partial charge in [0.05, 0.1) is 12.7 Å². The van der Waals surface area contributed by atoms with E-state index in [-0.39, 0.29) is 12.5 Å². The summed E-state index contributed by atoms with van der Waals surface area (Å²) in [6.45, 7) is 5.95. The van der Waals surface area contributed by atoms with E-state index >= 15 is 0 Å². The lowest BCUT2D eigenvalue weighted by molar-refractivity contribution is -0.151. The fraction of sp³-hybridized carbons (Fsp3) is 0.812. The largest absolute Gasteiger partial charge is 0.481 e. The summed E-state index contributed by atoms with van der Waals surface area (Å²) in [7, 11) is 0. The number of ether oxygens (including phenoxy) is 2. The van der Waals surface area contributed by atoms with Crippen LogP contribution >= 0.6 is 0 Å². The fourth-order valence-electron chi connectivity index (χ4n) is 1.73. The second-order valence-electron chi connectivity index (χ2n) is 5.48. The van der Waals surface area contributed by atoms with Gasteiger partial charge in [0, 0.05) is 6.42 Å². The van der Waals surface area contributed by atoms with E-state index < -0.39 is 24.1 Å². The Kier molecular flexibility index (Phi) is 11.7. The Labute approximate surface area is 137 Å². The number of alkyl carbamates (subject to hydrolysis) is 1. The Hall–Kier alpha value is -1.79. The molecule has 0 rings (SSSR count). The summed E-state index contributed by atoms with van der Waals surface area (Å²) in [5.74, 6) is -1.39. The number of carboxylic acid groups (broad SMARTS) is 1. The van der Waals surface area contributed by atoms with Crippen molar-refractivity contribution in [2.24, 2.45) is 0 Å². The average molecular weight is 331 g/mol. The molecule has 2 N–H and O–H groups in total. The molecule has 0 aliphatic heterocycles. The third-order valence-electron chi connectivity index (χ3n) is 3.33. The van der Waals surface area contributed by atoms with Gasteiger partial charge in [0.1, 0.15) is 6.04 Å². The van der Waals surface area contributed by atoms with Gasteiger partial charge in [0.15, 0.2) is 0 Å². The van der Waals surface area contributed by atoms with Crippen LogP contribution in [0.2, 0.25) is 0 Å². The number of hydrogen-bond acceptors (Lipinski definition) is 5. The minimum absolute atomic E-state index is 0.0358. The number of hydrogen-bond donors (Lipinski definition) is 2. The first-order valence-corrected chi connectivity index (χ1v) is 8.26. The molecule has 2 atom stereocenters. The van der Waals surface area contributed by atoms with Crippen LogP contribution in [-0.4, -0.2) is 41.9 Å². The molecule has 7 heteroatoms. The number of carboxylic acids is 1. The van der Waals surface area contributed by atoms with E-state index in [1.165, 1.54) is 0 Å². The van der Waals surface area contributed by atoms with Crippen LogP contribution in [0.25, 0.3) is 0 Å². The quantitative estimate of drug-likeness (QED) is 0.421. The van der Waals surface area contributed by atoms with Gasteiger partial charge >= 0.3 is 18.0 Å². The maximum Gasteiger partial charge on any atom is 0.407 e. The zero-order chi connectivity index (χ0) is 17.7. The number of unbranched alkanes of at least 4 members (excludes halogenated alkanes) is 2. The minimum atomic E-state index is -0.879. The van der Waals surface area contributed by atoms with Gasteiger partial charge in [-0.25, -0.2) is 9.59 Å². The molecule has 0 aromatic rings. The number of carbonyl (C=O) groups is 3. The zero-order valence-electron chi connectivity index (χ0n) is 14.3. The molecule has 7 nitrogen and oxygen atoms in total. The molecule has 0 aliphatic rings. The molecule has 23 heavy (non-hydrogen) atoms. The second kappa shape index (κ2) is 12.7. The fourth-order valence-corrected chi connectivity index (χ4v) is 1.73. The van der Waals surface area contributed by atoms with Gasteiger partial charge in [-0.1, -0.05) is 26.7 Å². The highest BCUT2D eigenvalue weighted by atomic mass is 16.6. The van der Waals surface area contributed by atoms with E-state index in [4.69, 9.17) is 14.6 Å². The summed E-state index contributed by atoms with van der Waals surface area (Å²) in [6, 6.07) is -0.813. The lowest BCUT2D eigenvalue weighted by Crippen LogP contribution is -2.43. The molecule has 0 spiro atoms. The highest BCUT2D eigenvalue weighted by Crippen LogP contribution is 2.08. The summed E-state index contributed by atoms with van der Waals surface area (Å²) in [4.78, 5) is 34.3. The number of aliphatic carboxylic acids is 1. The SMILES string of the molecule is CCCCOC(=O)NC(CCCCC(=O)O)C(=O)OC(C)CC. The highest BCUT2D eigenvalue weighted by molar-refractivity contribution is 5.81. The zero-order valence-corrected chi connectivity index (χ0v) is 14.3. The van der Waals surface area contributed by atoms with Crippen molar-refractivity contribution in [3.05, 3.63) is 0 Å². The topological polar surface area (TPSA) is 102 Å². The van der Waals surface area contributed by atoms with E-state index in [2.05, 4.69) is 5.32 Å². The van der Waals surface area contributed by atoms with Gasteiger partial charge in [-0.2, -0.15) is 0 Å². The standard InChI is InChI=1S/C16H29NO6/c1-4-6-11-22-16(21)17-13(9-7-8-10-14(18)19)15(20)23-12(3)5-2/h12-13H,4-11H2,1-3H3,(H,17,21)(H,18,19). The van der Waals surface area contributed by atoms with Crippen LogP contribution < -0.4 is 5.32 Å². The first-order valence-electron chi connectivity index (χ1n) is 8.26. The maximum atomic E-state index is 12.1. The predicted octanol–water partition coefficient (Wildman–Crippen LogP) is 2.87. The number of carbonyl (C=O) groups excluding carboxylic acids is 2. The Morgan fingerprint density at radius 2 is 1.83 bits per heavy atom. The molecular weight excluding hydrogens is 302 g/mol. The van der Waals surface area contributed by atoms with Crippen molar-refractivity contribution in [1.29, 1.82) is 0 Å². The Bertz CT molecular complexity index is 372. The van der Waals surface area contributed by atoms with Gasteiger partial charge in [0.2, 0.25) is 0 Å². The van der Waals surface area contributed by atoms with E-state index in [1.807, 2.05) is 13.8 Å². The summed E-state index contributed by atoms with van der Waals surface area (Å²) >= 11 is 0. The molecule has 0 radical (unpaired) electrons. The van der Waals surface area contributed by atoms with Crippen molar-refractivity contribution in [1.82, 2.24) is 5.32 Å². The van der Waals surface area contributed by atoms with Crippen molar-refractivity contribution >= 4 is 18.0 Å². The Morgan fingerprint density at radius 3 is 2.39 bits per heavy atom. The normalized spacial score (nSPS) is 13.0. The van der Waals surface area contributed by atoms with E-state index in [0.29, 0.717) is 32.3 Å². The molecule has 0 aliphatic carbocycles. The summed E-state index contributed by atoms with van der Waals surface area (Å²) in [5, 5.41) is 11.1.